The van der Waals surface area contributed by atoms with Gasteiger partial charge in [0.1, 0.15) is 0 Å². The van der Waals surface area contributed by atoms with Crippen molar-refractivity contribution in [2.45, 2.75) is 140 Å². The van der Waals surface area contributed by atoms with Gasteiger partial charge < -0.3 is 21.3 Å². The van der Waals surface area contributed by atoms with Crippen molar-refractivity contribution in [2.75, 3.05) is 6.54 Å². The zero-order chi connectivity index (χ0) is 25.2. The Balaban J connectivity index is 0.00000208. The third-order valence-electron chi connectivity index (χ3n) is 8.44. The van der Waals surface area contributed by atoms with Gasteiger partial charge in [0.2, 0.25) is 0 Å². The van der Waals surface area contributed by atoms with Crippen molar-refractivity contribution in [1.82, 2.24) is 4.98 Å². The van der Waals surface area contributed by atoms with Gasteiger partial charge in [-0.1, -0.05) is 77.6 Å². The van der Waals surface area contributed by atoms with Crippen LogP contribution in [0.3, 0.4) is 0 Å². The Labute approximate surface area is 240 Å². The number of hydrogen-bond donors (Lipinski definition) is 0. The van der Waals surface area contributed by atoms with Crippen molar-refractivity contribution in [2.24, 2.45) is 0 Å². The van der Waals surface area contributed by atoms with Crippen LogP contribution in [0.15, 0.2) is 12.1 Å². The van der Waals surface area contributed by atoms with E-state index in [4.69, 9.17) is 46.4 Å². The molecule has 0 radical (unpaired) electrons. The molecule has 0 N–H and O–H groups in total. The molecule has 0 spiro atoms. The van der Waals surface area contributed by atoms with Gasteiger partial charge >= 0.3 is 33.3 Å². The average molecular weight is 584 g/mol. The Morgan fingerprint density at radius 1 is 0.722 bits per heavy atom. The summed E-state index contributed by atoms with van der Waals surface area (Å²) in [4.78, 5) is 5.08. The molecule has 3 fully saturated rings. The van der Waals surface area contributed by atoms with E-state index in [9.17, 15) is 0 Å². The first-order valence-electron chi connectivity index (χ1n) is 14.2. The zero-order valence-corrected chi connectivity index (χ0v) is 24.5. The van der Waals surface area contributed by atoms with Gasteiger partial charge in [-0.2, -0.15) is 36.8 Å². The summed E-state index contributed by atoms with van der Waals surface area (Å²) in [6.45, 7) is 4.56. The number of halogens is 2. The molecule has 2 heterocycles. The molecule has 1 aromatic heterocycles. The van der Waals surface area contributed by atoms with Crippen LogP contribution in [0, 0.1) is 0 Å². The molecule has 3 aliphatic carbocycles. The fourth-order valence-corrected chi connectivity index (χ4v) is 6.59. The standard InChI is InChI=1S/C28H43N5.2ClH.Mn.4H2/c1-20-17-29-25-11-5-6-12-26(25)30-18-23-15-22(21-9-3-2-4-10-21)16-24(33-23)19-31-27-13-7-8-14-28(27)32-20;;;;;;;/h15-16,20-21,25-28H,2-14,17-19H2,1H3;2*1H;;4*1H/q-4;;;+2;;;;/p-2/t20-,25-,26-,27?,28?;;;;;;;/m1......./s1. The molecular formula is C28H51Cl2MnN5-4. The number of pyridine rings is 1. The molecule has 2 unspecified atom stereocenters. The molecule has 0 aromatic carbocycles. The van der Waals surface area contributed by atoms with E-state index in [0.29, 0.717) is 30.1 Å². The molecule has 3 saturated carbocycles. The van der Waals surface area contributed by atoms with Crippen LogP contribution in [0.1, 0.15) is 119 Å². The Morgan fingerprint density at radius 3 is 1.78 bits per heavy atom. The van der Waals surface area contributed by atoms with E-state index >= 15 is 0 Å². The second kappa shape index (κ2) is 15.6. The van der Waals surface area contributed by atoms with Gasteiger partial charge in [0.25, 0.3) is 0 Å². The molecule has 36 heavy (non-hydrogen) atoms. The number of hydrogen-bond acceptors (Lipinski definition) is 1. The molecule has 5 nitrogen and oxygen atoms in total. The summed E-state index contributed by atoms with van der Waals surface area (Å²) in [5.41, 5.74) is 3.80. The third kappa shape index (κ3) is 8.81. The molecule has 8 heteroatoms. The van der Waals surface area contributed by atoms with Crippen molar-refractivity contribution in [3.05, 3.63) is 50.4 Å². The first kappa shape index (κ1) is 29.1. The second-order valence-electron chi connectivity index (χ2n) is 11.2. The molecule has 213 valence electrons. The summed E-state index contributed by atoms with van der Waals surface area (Å²) in [6, 6.07) is 6.47. The SMILES string of the molecule is C[C@@H]1C[N-][C@@H]2CCCC[C@H]2[N-]Cc2cc(C3CCCCC3)cc(n2)C[N-]C2CCCCC2[N-]1.[Cl][Mn][Cl].[HH].[HH].[HH].[HH]. The van der Waals surface area contributed by atoms with Crippen LogP contribution in [0.2, 0.25) is 0 Å². The minimum atomic E-state index is 0. The molecule has 0 saturated heterocycles. The molecular weight excluding hydrogens is 532 g/mol. The first-order valence-corrected chi connectivity index (χ1v) is 17.5. The Hall–Kier alpha value is 0.0895. The quantitative estimate of drug-likeness (QED) is 0.303. The van der Waals surface area contributed by atoms with Gasteiger partial charge in [-0.3, -0.25) is 4.98 Å². The number of aromatic nitrogens is 1. The molecule has 4 aliphatic rings. The maximum Gasteiger partial charge on any atom is 0 e. The van der Waals surface area contributed by atoms with Gasteiger partial charge in [0, 0.05) is 17.1 Å². The predicted octanol–water partition coefficient (Wildman–Crippen LogP) is 10.0. The summed E-state index contributed by atoms with van der Waals surface area (Å²) < 4.78 is 0. The molecule has 0 amide bonds. The van der Waals surface area contributed by atoms with Crippen molar-refractivity contribution in [3.8, 4) is 0 Å². The van der Waals surface area contributed by atoms with Gasteiger partial charge in [0.15, 0.2) is 0 Å². The topological polar surface area (TPSA) is 69.3 Å². The molecule has 1 aromatic rings. The van der Waals surface area contributed by atoms with Gasteiger partial charge in [-0.05, 0) is 36.5 Å². The molecule has 5 atom stereocenters. The Kier molecular flexibility index (Phi) is 12.6. The van der Waals surface area contributed by atoms with E-state index in [0.717, 1.165) is 31.0 Å². The van der Waals surface area contributed by atoms with Crippen molar-refractivity contribution in [1.29, 1.82) is 0 Å². The Morgan fingerprint density at radius 2 is 1.19 bits per heavy atom. The van der Waals surface area contributed by atoms with Crippen LogP contribution in [-0.4, -0.2) is 41.7 Å². The normalized spacial score (nSPS) is 32.6. The van der Waals surface area contributed by atoms with Crippen molar-refractivity contribution in [3.63, 3.8) is 0 Å². The fraction of sp³-hybridized carbons (Fsp3) is 0.821. The summed E-state index contributed by atoms with van der Waals surface area (Å²) in [6.07, 6.45) is 16.6. The van der Waals surface area contributed by atoms with Crippen LogP contribution >= 0.6 is 20.2 Å². The van der Waals surface area contributed by atoms with E-state index in [-0.39, 0.29) is 24.9 Å². The van der Waals surface area contributed by atoms with E-state index in [2.05, 4.69) is 19.1 Å². The van der Waals surface area contributed by atoms with Gasteiger partial charge in [-0.15, -0.1) is 13.1 Å². The zero-order valence-electron chi connectivity index (χ0n) is 21.8. The molecule has 1 aliphatic heterocycles. The van der Waals surface area contributed by atoms with Crippen molar-refractivity contribution < 1.29 is 18.8 Å². The van der Waals surface area contributed by atoms with E-state index in [1.165, 1.54) is 89.0 Å². The van der Waals surface area contributed by atoms with Crippen molar-refractivity contribution >= 4 is 20.2 Å². The second-order valence-corrected chi connectivity index (χ2v) is 13.1. The van der Waals surface area contributed by atoms with E-state index < -0.39 is 0 Å². The number of rotatable bonds is 1. The largest absolute Gasteiger partial charge is 0 e. The van der Waals surface area contributed by atoms with Crippen LogP contribution in [0.5, 0.6) is 0 Å². The smallest absolute Gasteiger partial charge is 0 e. The summed E-state index contributed by atoms with van der Waals surface area (Å²) in [7, 11) is 9.59. The van der Waals surface area contributed by atoms with Crippen LogP contribution in [-0.2, 0) is 26.2 Å². The number of nitrogens with zero attached hydrogens (tertiary/aromatic N) is 5. The minimum absolute atomic E-state index is 0. The summed E-state index contributed by atoms with van der Waals surface area (Å²) in [5, 5.41) is 20.8. The van der Waals surface area contributed by atoms with Gasteiger partial charge in [-0.25, -0.2) is 0 Å². The van der Waals surface area contributed by atoms with Crippen LogP contribution in [0.25, 0.3) is 21.3 Å². The summed E-state index contributed by atoms with van der Waals surface area (Å²) >= 11 is 0.00694. The molecule has 2 bridgehead atoms. The number of fused-ring (bicyclic) bond motifs is 4. The van der Waals surface area contributed by atoms with Crippen LogP contribution < -0.4 is 0 Å². The predicted molar refractivity (Wildman–Crippen MR) is 157 cm³/mol. The fourth-order valence-electron chi connectivity index (χ4n) is 6.59. The average Bonchev–Trinajstić information content (AvgIpc) is 2.91. The third-order valence-corrected chi connectivity index (χ3v) is 8.44. The maximum atomic E-state index is 5.23. The monoisotopic (exact) mass is 582 g/mol. The minimum Gasteiger partial charge on any atom is 0 e. The van der Waals surface area contributed by atoms with Gasteiger partial charge in [0.05, 0.1) is 0 Å². The van der Waals surface area contributed by atoms with E-state index in [1.54, 1.807) is 0 Å². The first-order chi connectivity index (χ1) is 17.7. The maximum absolute atomic E-state index is 5.23. The summed E-state index contributed by atoms with van der Waals surface area (Å²) in [5.74, 6) is 0.692. The Bertz CT molecular complexity index is 797. The van der Waals surface area contributed by atoms with E-state index in [1.807, 2.05) is 0 Å². The molecule has 5 rings (SSSR count). The van der Waals surface area contributed by atoms with Crippen LogP contribution in [0.4, 0.5) is 0 Å².